The van der Waals surface area contributed by atoms with Gasteiger partial charge in [-0.05, 0) is 31.2 Å². The third-order valence-corrected chi connectivity index (χ3v) is 3.36. The summed E-state index contributed by atoms with van der Waals surface area (Å²) in [5, 5.41) is 12.2. The molecule has 0 aliphatic heterocycles. The fourth-order valence-corrected chi connectivity index (χ4v) is 2.16. The second-order valence-electron chi connectivity index (χ2n) is 3.70. The Kier molecular flexibility index (Phi) is 6.40. The molecule has 1 atom stereocenters. The summed E-state index contributed by atoms with van der Waals surface area (Å²) in [4.78, 5) is 12.5. The van der Waals surface area contributed by atoms with E-state index >= 15 is 0 Å². The number of nitrogens with one attached hydrogen (secondary N) is 1. The van der Waals surface area contributed by atoms with Gasteiger partial charge in [0.05, 0.1) is 6.61 Å². The molecule has 0 fully saturated rings. The molecule has 0 aliphatic carbocycles. The lowest BCUT2D eigenvalue weighted by atomic mass is 10.3. The van der Waals surface area contributed by atoms with Gasteiger partial charge in [-0.1, -0.05) is 11.6 Å². The first-order valence-electron chi connectivity index (χ1n) is 5.40. The Balaban J connectivity index is 2.23. The fraction of sp³-hybridized carbons (Fsp3) is 0.417. The largest absolute Gasteiger partial charge is 0.394 e. The van der Waals surface area contributed by atoms with E-state index in [-0.39, 0.29) is 18.6 Å². The van der Waals surface area contributed by atoms with E-state index in [0.717, 1.165) is 4.90 Å². The highest BCUT2D eigenvalue weighted by molar-refractivity contribution is 7.99. The molecular formula is C12H16ClNO2S. The monoisotopic (exact) mass is 273 g/mol. The topological polar surface area (TPSA) is 49.3 Å². The molecule has 0 aliphatic rings. The first kappa shape index (κ1) is 14.4. The van der Waals surface area contributed by atoms with E-state index in [2.05, 4.69) is 5.32 Å². The smallest absolute Gasteiger partial charge is 0.221 e. The number of hydrogen-bond acceptors (Lipinski definition) is 3. The summed E-state index contributed by atoms with van der Waals surface area (Å²) in [6, 6.07) is 7.35. The lowest BCUT2D eigenvalue weighted by Gasteiger charge is -2.10. The summed E-state index contributed by atoms with van der Waals surface area (Å²) in [5.74, 6) is 0.680. The standard InChI is InChI=1S/C12H16ClNO2S/c1-9(8-15)14-12(16)6-7-17-11-4-2-10(13)3-5-11/h2-5,9,15H,6-8H2,1H3,(H,14,16). The van der Waals surface area contributed by atoms with Crippen LogP contribution in [0, 0.1) is 0 Å². The molecule has 0 radical (unpaired) electrons. The number of amides is 1. The molecule has 17 heavy (non-hydrogen) atoms. The van der Waals surface area contributed by atoms with Crippen molar-refractivity contribution in [2.75, 3.05) is 12.4 Å². The molecule has 0 saturated heterocycles. The Morgan fingerprint density at radius 2 is 2.12 bits per heavy atom. The van der Waals surface area contributed by atoms with Crippen LogP contribution in [0.3, 0.4) is 0 Å². The number of benzene rings is 1. The van der Waals surface area contributed by atoms with Crippen LogP contribution < -0.4 is 5.32 Å². The predicted molar refractivity (Wildman–Crippen MR) is 71.5 cm³/mol. The number of carbonyl (C=O) groups is 1. The van der Waals surface area contributed by atoms with Gasteiger partial charge < -0.3 is 10.4 Å². The van der Waals surface area contributed by atoms with Crippen LogP contribution in [0.25, 0.3) is 0 Å². The second kappa shape index (κ2) is 7.58. The number of aliphatic hydroxyl groups is 1. The lowest BCUT2D eigenvalue weighted by molar-refractivity contribution is -0.121. The molecule has 0 bridgehead atoms. The average molecular weight is 274 g/mol. The van der Waals surface area contributed by atoms with Crippen LogP contribution in [-0.2, 0) is 4.79 Å². The van der Waals surface area contributed by atoms with E-state index in [0.29, 0.717) is 17.2 Å². The molecule has 94 valence electrons. The van der Waals surface area contributed by atoms with Gasteiger partial charge in [-0.15, -0.1) is 11.8 Å². The molecule has 2 N–H and O–H groups in total. The maximum Gasteiger partial charge on any atom is 0.221 e. The SMILES string of the molecule is CC(CO)NC(=O)CCSc1ccc(Cl)cc1. The highest BCUT2D eigenvalue weighted by atomic mass is 35.5. The molecule has 0 spiro atoms. The molecule has 0 saturated carbocycles. The van der Waals surface area contributed by atoms with Crippen molar-refractivity contribution in [2.45, 2.75) is 24.3 Å². The number of aliphatic hydroxyl groups excluding tert-OH is 1. The van der Waals surface area contributed by atoms with E-state index in [1.807, 2.05) is 24.3 Å². The Bertz CT molecular complexity index is 356. The second-order valence-corrected chi connectivity index (χ2v) is 5.31. The molecule has 1 unspecified atom stereocenters. The van der Waals surface area contributed by atoms with Gasteiger partial charge in [-0.3, -0.25) is 4.79 Å². The fourth-order valence-electron chi connectivity index (χ4n) is 1.19. The number of halogens is 1. The van der Waals surface area contributed by atoms with E-state index in [1.165, 1.54) is 0 Å². The van der Waals surface area contributed by atoms with Gasteiger partial charge in [0.25, 0.3) is 0 Å². The minimum Gasteiger partial charge on any atom is -0.394 e. The van der Waals surface area contributed by atoms with Gasteiger partial charge in [0.15, 0.2) is 0 Å². The lowest BCUT2D eigenvalue weighted by Crippen LogP contribution is -2.35. The van der Waals surface area contributed by atoms with Gasteiger partial charge in [-0.25, -0.2) is 0 Å². The van der Waals surface area contributed by atoms with Gasteiger partial charge in [-0.2, -0.15) is 0 Å². The molecule has 0 heterocycles. The van der Waals surface area contributed by atoms with E-state index < -0.39 is 0 Å². The zero-order valence-corrected chi connectivity index (χ0v) is 11.2. The van der Waals surface area contributed by atoms with Crippen LogP contribution in [0.1, 0.15) is 13.3 Å². The number of carbonyl (C=O) groups excluding carboxylic acids is 1. The van der Waals surface area contributed by atoms with Crippen molar-refractivity contribution in [1.29, 1.82) is 0 Å². The van der Waals surface area contributed by atoms with Crippen LogP contribution in [0.2, 0.25) is 5.02 Å². The third kappa shape index (κ3) is 5.96. The first-order valence-corrected chi connectivity index (χ1v) is 6.76. The Morgan fingerprint density at radius 3 is 2.71 bits per heavy atom. The van der Waals surface area contributed by atoms with Crippen LogP contribution in [0.4, 0.5) is 0 Å². The van der Waals surface area contributed by atoms with E-state index in [1.54, 1.807) is 18.7 Å². The zero-order valence-electron chi connectivity index (χ0n) is 9.65. The minimum absolute atomic E-state index is 0.0317. The summed E-state index contributed by atoms with van der Waals surface area (Å²) >= 11 is 7.38. The Hall–Kier alpha value is -0.710. The number of rotatable bonds is 6. The van der Waals surface area contributed by atoms with Crippen molar-refractivity contribution in [3.63, 3.8) is 0 Å². The Morgan fingerprint density at radius 1 is 1.47 bits per heavy atom. The van der Waals surface area contributed by atoms with Crippen molar-refractivity contribution < 1.29 is 9.90 Å². The maximum absolute atomic E-state index is 11.4. The zero-order chi connectivity index (χ0) is 12.7. The summed E-state index contributed by atoms with van der Waals surface area (Å²) in [6.07, 6.45) is 0.442. The van der Waals surface area contributed by atoms with Gasteiger partial charge in [0, 0.05) is 28.1 Å². The Labute approximate surface area is 111 Å². The van der Waals surface area contributed by atoms with Crippen LogP contribution >= 0.6 is 23.4 Å². The first-order chi connectivity index (χ1) is 8.11. The van der Waals surface area contributed by atoms with Gasteiger partial charge in [0.2, 0.25) is 5.91 Å². The molecule has 1 aromatic rings. The number of hydrogen-bond donors (Lipinski definition) is 2. The summed E-state index contributed by atoms with van der Waals surface area (Å²) < 4.78 is 0. The summed E-state index contributed by atoms with van der Waals surface area (Å²) in [6.45, 7) is 1.74. The summed E-state index contributed by atoms with van der Waals surface area (Å²) in [5.41, 5.74) is 0. The normalized spacial score (nSPS) is 12.2. The predicted octanol–water partition coefficient (Wildman–Crippen LogP) is 2.32. The van der Waals surface area contributed by atoms with Crippen molar-refractivity contribution in [3.05, 3.63) is 29.3 Å². The van der Waals surface area contributed by atoms with Crippen LogP contribution in [0.15, 0.2) is 29.2 Å². The van der Waals surface area contributed by atoms with Crippen molar-refractivity contribution in [2.24, 2.45) is 0 Å². The van der Waals surface area contributed by atoms with E-state index in [4.69, 9.17) is 16.7 Å². The third-order valence-electron chi connectivity index (χ3n) is 2.09. The molecule has 3 nitrogen and oxygen atoms in total. The molecule has 1 aromatic carbocycles. The van der Waals surface area contributed by atoms with Gasteiger partial charge >= 0.3 is 0 Å². The minimum atomic E-state index is -0.178. The van der Waals surface area contributed by atoms with Crippen molar-refractivity contribution >= 4 is 29.3 Å². The van der Waals surface area contributed by atoms with E-state index in [9.17, 15) is 4.79 Å². The van der Waals surface area contributed by atoms with Crippen LogP contribution in [0.5, 0.6) is 0 Å². The van der Waals surface area contributed by atoms with Crippen molar-refractivity contribution in [1.82, 2.24) is 5.32 Å². The highest BCUT2D eigenvalue weighted by Gasteiger charge is 2.05. The highest BCUT2D eigenvalue weighted by Crippen LogP contribution is 2.20. The summed E-state index contributed by atoms with van der Waals surface area (Å²) in [7, 11) is 0. The quantitative estimate of drug-likeness (QED) is 0.782. The molecule has 1 amide bonds. The molecular weight excluding hydrogens is 258 g/mol. The van der Waals surface area contributed by atoms with Gasteiger partial charge in [0.1, 0.15) is 0 Å². The molecule has 1 rings (SSSR count). The average Bonchev–Trinajstić information content (AvgIpc) is 2.31. The van der Waals surface area contributed by atoms with Crippen molar-refractivity contribution in [3.8, 4) is 0 Å². The molecule has 5 heteroatoms. The maximum atomic E-state index is 11.4. The van der Waals surface area contributed by atoms with Crippen LogP contribution in [-0.4, -0.2) is 29.4 Å². The number of thioether (sulfide) groups is 1. The molecule has 0 aromatic heterocycles.